The first kappa shape index (κ1) is 25.5. The van der Waals surface area contributed by atoms with E-state index in [1.54, 1.807) is 38.4 Å². The number of fused-ring (bicyclic) bond motifs is 1. The standard InChI is InChI=1S/C28H30ClNO6/c1-6-35-22-12-17-15-26(31)30(20-10-8-19(29)9-11-20)27(21(17)16-23(22)36-7-2)18-13-24(32-3)28(34-5)25(14-18)33-4/h8-14,16,27H,6-7,15H2,1-5H3/t27-/m1/s1. The van der Waals surface area contributed by atoms with E-state index in [2.05, 4.69) is 0 Å². The van der Waals surface area contributed by atoms with Crippen LogP contribution in [0.25, 0.3) is 0 Å². The highest BCUT2D eigenvalue weighted by Gasteiger charge is 2.37. The van der Waals surface area contributed by atoms with Crippen LogP contribution in [0.2, 0.25) is 5.02 Å². The highest BCUT2D eigenvalue weighted by molar-refractivity contribution is 6.30. The molecular weight excluding hydrogens is 482 g/mol. The van der Waals surface area contributed by atoms with E-state index >= 15 is 0 Å². The Morgan fingerprint density at radius 2 is 1.42 bits per heavy atom. The van der Waals surface area contributed by atoms with Crippen LogP contribution in [0, 0.1) is 0 Å². The van der Waals surface area contributed by atoms with Crippen LogP contribution in [0.4, 0.5) is 5.69 Å². The Balaban J connectivity index is 1.99. The highest BCUT2D eigenvalue weighted by Crippen LogP contribution is 2.47. The van der Waals surface area contributed by atoms with Gasteiger partial charge in [-0.1, -0.05) is 11.6 Å². The van der Waals surface area contributed by atoms with Gasteiger partial charge < -0.3 is 28.6 Å². The second-order valence-electron chi connectivity index (χ2n) is 8.14. The number of benzene rings is 3. The summed E-state index contributed by atoms with van der Waals surface area (Å²) in [7, 11) is 4.70. The number of nitrogens with zero attached hydrogens (tertiary/aromatic N) is 1. The Morgan fingerprint density at radius 3 is 1.94 bits per heavy atom. The summed E-state index contributed by atoms with van der Waals surface area (Å²) in [5, 5.41) is 0.591. The molecule has 0 unspecified atom stereocenters. The van der Waals surface area contributed by atoms with Gasteiger partial charge in [0.25, 0.3) is 0 Å². The molecule has 3 aromatic carbocycles. The van der Waals surface area contributed by atoms with Crippen LogP contribution in [0.1, 0.15) is 36.6 Å². The predicted octanol–water partition coefficient (Wildman–Crippen LogP) is 5.84. The van der Waals surface area contributed by atoms with Crippen molar-refractivity contribution in [2.75, 3.05) is 39.4 Å². The number of rotatable bonds is 9. The lowest BCUT2D eigenvalue weighted by Gasteiger charge is -2.38. The zero-order valence-corrected chi connectivity index (χ0v) is 21.8. The van der Waals surface area contributed by atoms with Crippen LogP contribution < -0.4 is 28.6 Å². The lowest BCUT2D eigenvalue weighted by atomic mass is 9.86. The predicted molar refractivity (Wildman–Crippen MR) is 139 cm³/mol. The first-order valence-corrected chi connectivity index (χ1v) is 12.1. The van der Waals surface area contributed by atoms with E-state index in [-0.39, 0.29) is 12.3 Å². The van der Waals surface area contributed by atoms with Gasteiger partial charge in [0, 0.05) is 10.7 Å². The molecular formula is C28H30ClNO6. The molecule has 0 N–H and O–H groups in total. The molecule has 0 aliphatic carbocycles. The van der Waals surface area contributed by atoms with Crippen LogP contribution in [0.15, 0.2) is 48.5 Å². The van der Waals surface area contributed by atoms with Gasteiger partial charge in [0.15, 0.2) is 23.0 Å². The van der Waals surface area contributed by atoms with Crippen molar-refractivity contribution < 1.29 is 28.5 Å². The molecule has 7 nitrogen and oxygen atoms in total. The molecule has 0 aromatic heterocycles. The first-order chi connectivity index (χ1) is 17.4. The van der Waals surface area contributed by atoms with E-state index in [1.165, 1.54) is 0 Å². The van der Waals surface area contributed by atoms with Crippen LogP contribution >= 0.6 is 11.6 Å². The molecule has 190 valence electrons. The number of methoxy groups -OCH3 is 3. The van der Waals surface area contributed by atoms with Crippen LogP contribution in [0.3, 0.4) is 0 Å². The fourth-order valence-electron chi connectivity index (χ4n) is 4.58. The topological polar surface area (TPSA) is 66.5 Å². The van der Waals surface area contributed by atoms with E-state index < -0.39 is 6.04 Å². The molecule has 0 saturated carbocycles. The lowest BCUT2D eigenvalue weighted by molar-refractivity contribution is -0.118. The van der Waals surface area contributed by atoms with Gasteiger partial charge in [-0.3, -0.25) is 4.79 Å². The summed E-state index contributed by atoms with van der Waals surface area (Å²) >= 11 is 6.16. The summed E-state index contributed by atoms with van der Waals surface area (Å²) in [5.41, 5.74) is 3.31. The van der Waals surface area contributed by atoms with Gasteiger partial charge in [0.05, 0.1) is 47.0 Å². The number of amides is 1. The van der Waals surface area contributed by atoms with Gasteiger partial charge in [-0.2, -0.15) is 0 Å². The van der Waals surface area contributed by atoms with Crippen molar-refractivity contribution in [3.8, 4) is 28.7 Å². The average Bonchev–Trinajstić information content (AvgIpc) is 2.88. The first-order valence-electron chi connectivity index (χ1n) is 11.8. The molecule has 1 aliphatic heterocycles. The lowest BCUT2D eigenvalue weighted by Crippen LogP contribution is -2.41. The molecule has 1 amide bonds. The van der Waals surface area contributed by atoms with E-state index in [9.17, 15) is 4.79 Å². The minimum absolute atomic E-state index is 0.0600. The SMILES string of the molecule is CCOc1cc2c(cc1OCC)[C@@H](c1cc(OC)c(OC)c(OC)c1)N(c1ccc(Cl)cc1)C(=O)C2. The number of ether oxygens (including phenoxy) is 5. The van der Waals surface area contributed by atoms with Gasteiger partial charge >= 0.3 is 0 Å². The zero-order chi connectivity index (χ0) is 25.8. The second kappa shape index (κ2) is 11.0. The maximum absolute atomic E-state index is 13.7. The number of carbonyl (C=O) groups is 1. The number of halogens is 1. The Kier molecular flexibility index (Phi) is 7.79. The van der Waals surface area contributed by atoms with Crippen molar-refractivity contribution in [3.63, 3.8) is 0 Å². The minimum Gasteiger partial charge on any atom is -0.493 e. The summed E-state index contributed by atoms with van der Waals surface area (Å²) in [6.45, 7) is 4.81. The summed E-state index contributed by atoms with van der Waals surface area (Å²) in [4.78, 5) is 15.4. The maximum atomic E-state index is 13.7. The minimum atomic E-state index is -0.494. The molecule has 1 atom stereocenters. The molecule has 0 bridgehead atoms. The van der Waals surface area contributed by atoms with Crippen LogP contribution in [-0.2, 0) is 11.2 Å². The van der Waals surface area contributed by atoms with Gasteiger partial charge in [0.2, 0.25) is 11.7 Å². The third kappa shape index (κ3) is 4.75. The molecule has 36 heavy (non-hydrogen) atoms. The third-order valence-corrected chi connectivity index (χ3v) is 6.33. The van der Waals surface area contributed by atoms with Crippen LogP contribution in [0.5, 0.6) is 28.7 Å². The van der Waals surface area contributed by atoms with Crippen molar-refractivity contribution in [2.45, 2.75) is 26.3 Å². The van der Waals surface area contributed by atoms with Crippen molar-refractivity contribution in [3.05, 3.63) is 70.2 Å². The largest absolute Gasteiger partial charge is 0.493 e. The van der Waals surface area contributed by atoms with E-state index in [0.29, 0.717) is 47.0 Å². The Hall–Kier alpha value is -3.58. The maximum Gasteiger partial charge on any atom is 0.232 e. The molecule has 4 rings (SSSR count). The summed E-state index contributed by atoms with van der Waals surface area (Å²) in [6, 6.07) is 14.3. The number of carbonyl (C=O) groups excluding carboxylic acids is 1. The number of anilines is 1. The quantitative estimate of drug-likeness (QED) is 0.359. The third-order valence-electron chi connectivity index (χ3n) is 6.08. The monoisotopic (exact) mass is 511 g/mol. The van der Waals surface area contributed by atoms with Gasteiger partial charge in [-0.25, -0.2) is 0 Å². The molecule has 0 fully saturated rings. The fourth-order valence-corrected chi connectivity index (χ4v) is 4.70. The zero-order valence-electron chi connectivity index (χ0n) is 21.1. The van der Waals surface area contributed by atoms with Crippen molar-refractivity contribution in [2.24, 2.45) is 0 Å². The summed E-state index contributed by atoms with van der Waals surface area (Å²) in [6.07, 6.45) is 0.214. The summed E-state index contributed by atoms with van der Waals surface area (Å²) in [5.74, 6) is 2.66. The van der Waals surface area contributed by atoms with Gasteiger partial charge in [-0.15, -0.1) is 0 Å². The van der Waals surface area contributed by atoms with E-state index in [0.717, 1.165) is 22.4 Å². The van der Waals surface area contributed by atoms with E-state index in [1.807, 2.05) is 50.2 Å². The molecule has 8 heteroatoms. The molecule has 0 saturated heterocycles. The van der Waals surface area contributed by atoms with Crippen molar-refractivity contribution in [1.29, 1.82) is 0 Å². The molecule has 1 heterocycles. The van der Waals surface area contributed by atoms with Gasteiger partial charge in [-0.05, 0) is 79.1 Å². The Bertz CT molecular complexity index is 1220. The molecule has 3 aromatic rings. The normalized spacial score (nSPS) is 14.8. The van der Waals surface area contributed by atoms with Crippen molar-refractivity contribution >= 4 is 23.2 Å². The highest BCUT2D eigenvalue weighted by atomic mass is 35.5. The second-order valence-corrected chi connectivity index (χ2v) is 8.58. The number of hydrogen-bond donors (Lipinski definition) is 0. The molecule has 0 radical (unpaired) electrons. The number of hydrogen-bond acceptors (Lipinski definition) is 6. The smallest absolute Gasteiger partial charge is 0.232 e. The average molecular weight is 512 g/mol. The van der Waals surface area contributed by atoms with Crippen molar-refractivity contribution in [1.82, 2.24) is 0 Å². The van der Waals surface area contributed by atoms with E-state index in [4.69, 9.17) is 35.3 Å². The summed E-state index contributed by atoms with van der Waals surface area (Å²) < 4.78 is 28.5. The van der Waals surface area contributed by atoms with Gasteiger partial charge in [0.1, 0.15) is 0 Å². The Morgan fingerprint density at radius 1 is 0.833 bits per heavy atom. The molecule has 0 spiro atoms. The molecule has 1 aliphatic rings. The Labute approximate surface area is 216 Å². The fraction of sp³-hybridized carbons (Fsp3) is 0.321. The van der Waals surface area contributed by atoms with Crippen LogP contribution in [-0.4, -0.2) is 40.5 Å².